The highest BCUT2D eigenvalue weighted by Crippen LogP contribution is 2.36. The van der Waals surface area contributed by atoms with Gasteiger partial charge in [0.05, 0.1) is 0 Å². The van der Waals surface area contributed by atoms with Crippen molar-refractivity contribution in [1.82, 2.24) is 4.98 Å². The molecule has 82 valence electrons. The first-order valence-electron chi connectivity index (χ1n) is 5.64. The van der Waals surface area contributed by atoms with E-state index in [4.69, 9.17) is 5.73 Å². The largest absolute Gasteiger partial charge is 0.324 e. The molecule has 1 fully saturated rings. The molecule has 1 aliphatic rings. The average molecular weight is 222 g/mol. The molecule has 2 N–H and O–H groups in total. The van der Waals surface area contributed by atoms with Gasteiger partial charge in [-0.2, -0.15) is 0 Å². The van der Waals surface area contributed by atoms with Crippen molar-refractivity contribution in [2.24, 2.45) is 5.73 Å². The Bertz CT molecular complexity index is 319. The van der Waals surface area contributed by atoms with Crippen molar-refractivity contribution in [1.29, 1.82) is 0 Å². The van der Waals surface area contributed by atoms with E-state index >= 15 is 0 Å². The van der Waals surface area contributed by atoms with E-state index in [9.17, 15) is 0 Å². The summed E-state index contributed by atoms with van der Waals surface area (Å²) in [6, 6.07) is 4.15. The molecular formula is C12H18N2S. The average Bonchev–Trinajstić information content (AvgIpc) is 2.71. The van der Waals surface area contributed by atoms with Gasteiger partial charge in [0.2, 0.25) is 0 Å². The van der Waals surface area contributed by atoms with Gasteiger partial charge in [0, 0.05) is 23.1 Å². The maximum atomic E-state index is 5.94. The van der Waals surface area contributed by atoms with Crippen molar-refractivity contribution in [3.8, 4) is 0 Å². The molecule has 1 aromatic rings. The molecule has 1 aliphatic carbocycles. The monoisotopic (exact) mass is 222 g/mol. The van der Waals surface area contributed by atoms with Crippen molar-refractivity contribution < 1.29 is 0 Å². The van der Waals surface area contributed by atoms with Gasteiger partial charge >= 0.3 is 0 Å². The lowest BCUT2D eigenvalue weighted by Crippen LogP contribution is -2.08. The van der Waals surface area contributed by atoms with Gasteiger partial charge in [0.25, 0.3) is 0 Å². The molecule has 1 atom stereocenters. The fourth-order valence-electron chi connectivity index (χ4n) is 2.01. The molecule has 0 radical (unpaired) electrons. The van der Waals surface area contributed by atoms with Crippen LogP contribution in [-0.4, -0.2) is 10.2 Å². The van der Waals surface area contributed by atoms with Crippen LogP contribution in [0.3, 0.4) is 0 Å². The molecule has 0 saturated heterocycles. The van der Waals surface area contributed by atoms with Crippen molar-refractivity contribution >= 4 is 11.8 Å². The maximum absolute atomic E-state index is 5.94. The highest BCUT2D eigenvalue weighted by molar-refractivity contribution is 7.99. The number of aromatic nitrogens is 1. The smallest absolute Gasteiger partial charge is 0.101 e. The molecule has 15 heavy (non-hydrogen) atoms. The van der Waals surface area contributed by atoms with E-state index in [1.165, 1.54) is 31.2 Å². The predicted octanol–water partition coefficient (Wildman–Crippen LogP) is 3.14. The summed E-state index contributed by atoms with van der Waals surface area (Å²) in [5, 5.41) is 1.90. The van der Waals surface area contributed by atoms with Gasteiger partial charge in [-0.25, -0.2) is 4.98 Å². The van der Waals surface area contributed by atoms with Crippen LogP contribution in [0.5, 0.6) is 0 Å². The van der Waals surface area contributed by atoms with Crippen LogP contribution >= 0.6 is 11.8 Å². The number of nitrogens with zero attached hydrogens (tertiary/aromatic N) is 1. The molecule has 0 aliphatic heterocycles. The lowest BCUT2D eigenvalue weighted by atomic mass is 10.2. The van der Waals surface area contributed by atoms with Crippen LogP contribution in [0.15, 0.2) is 23.4 Å². The fourth-order valence-corrected chi connectivity index (χ4v) is 3.41. The quantitative estimate of drug-likeness (QED) is 0.854. The molecule has 1 heterocycles. The minimum atomic E-state index is 0.0857. The third-order valence-corrected chi connectivity index (χ3v) is 4.24. The first-order valence-corrected chi connectivity index (χ1v) is 6.52. The summed E-state index contributed by atoms with van der Waals surface area (Å²) in [4.78, 5) is 4.45. The van der Waals surface area contributed by atoms with E-state index in [2.05, 4.69) is 11.1 Å². The molecule has 0 spiro atoms. The minimum Gasteiger partial charge on any atom is -0.324 e. The predicted molar refractivity (Wildman–Crippen MR) is 65.0 cm³/mol. The molecule has 1 unspecified atom stereocenters. The Morgan fingerprint density at radius 3 is 2.87 bits per heavy atom. The zero-order valence-electron chi connectivity index (χ0n) is 9.15. The molecule has 0 aromatic carbocycles. The Hall–Kier alpha value is -0.540. The van der Waals surface area contributed by atoms with Crippen LogP contribution in [0.4, 0.5) is 0 Å². The summed E-state index contributed by atoms with van der Waals surface area (Å²) >= 11 is 1.92. The Morgan fingerprint density at radius 1 is 1.47 bits per heavy atom. The van der Waals surface area contributed by atoms with Crippen molar-refractivity contribution in [2.75, 3.05) is 0 Å². The van der Waals surface area contributed by atoms with Crippen LogP contribution in [0.25, 0.3) is 0 Å². The summed E-state index contributed by atoms with van der Waals surface area (Å²) in [5.74, 6) is 0. The number of thioether (sulfide) groups is 1. The summed E-state index contributed by atoms with van der Waals surface area (Å²) < 4.78 is 0. The Morgan fingerprint density at radius 2 is 2.20 bits per heavy atom. The lowest BCUT2D eigenvalue weighted by Gasteiger charge is -2.13. The van der Waals surface area contributed by atoms with Gasteiger partial charge in [-0.1, -0.05) is 18.9 Å². The molecule has 2 nitrogen and oxygen atoms in total. The third-order valence-electron chi connectivity index (χ3n) is 2.87. The van der Waals surface area contributed by atoms with E-state index in [1.54, 1.807) is 0 Å². The SMILES string of the molecule is CC(N)c1cccnc1SC1CCCC1. The van der Waals surface area contributed by atoms with Crippen molar-refractivity contribution in [2.45, 2.75) is 48.9 Å². The summed E-state index contributed by atoms with van der Waals surface area (Å²) in [6.45, 7) is 2.02. The number of pyridine rings is 1. The highest BCUT2D eigenvalue weighted by Gasteiger charge is 2.18. The fraction of sp³-hybridized carbons (Fsp3) is 0.583. The summed E-state index contributed by atoms with van der Waals surface area (Å²) in [6.07, 6.45) is 7.28. The summed E-state index contributed by atoms with van der Waals surface area (Å²) in [7, 11) is 0. The molecule has 0 bridgehead atoms. The van der Waals surface area contributed by atoms with Crippen molar-refractivity contribution in [3.05, 3.63) is 23.9 Å². The second-order valence-corrected chi connectivity index (χ2v) is 5.50. The molecule has 0 amide bonds. The van der Waals surface area contributed by atoms with E-state index in [0.717, 1.165) is 10.3 Å². The van der Waals surface area contributed by atoms with Gasteiger partial charge in [-0.15, -0.1) is 11.8 Å². The third kappa shape index (κ3) is 2.73. The Balaban J connectivity index is 2.12. The van der Waals surface area contributed by atoms with E-state index < -0.39 is 0 Å². The second kappa shape index (κ2) is 4.99. The highest BCUT2D eigenvalue weighted by atomic mass is 32.2. The van der Waals surface area contributed by atoms with Crippen LogP contribution < -0.4 is 5.73 Å². The van der Waals surface area contributed by atoms with E-state index in [0.29, 0.717) is 0 Å². The zero-order chi connectivity index (χ0) is 10.7. The van der Waals surface area contributed by atoms with Crippen LogP contribution in [0, 0.1) is 0 Å². The van der Waals surface area contributed by atoms with Crippen LogP contribution in [0.1, 0.15) is 44.2 Å². The maximum Gasteiger partial charge on any atom is 0.101 e. The summed E-state index contributed by atoms with van der Waals surface area (Å²) in [5.41, 5.74) is 7.12. The number of nitrogens with two attached hydrogens (primary N) is 1. The number of rotatable bonds is 3. The van der Waals surface area contributed by atoms with Gasteiger partial charge in [0.15, 0.2) is 0 Å². The number of hydrogen-bond donors (Lipinski definition) is 1. The standard InChI is InChI=1S/C12H18N2S/c1-9(13)11-7-4-8-14-12(11)15-10-5-2-3-6-10/h4,7-10H,2-3,5-6,13H2,1H3. The Labute approximate surface area is 95.7 Å². The Kier molecular flexibility index (Phi) is 3.65. The molecule has 1 aromatic heterocycles. The van der Waals surface area contributed by atoms with Crippen LogP contribution in [0.2, 0.25) is 0 Å². The van der Waals surface area contributed by atoms with E-state index in [-0.39, 0.29) is 6.04 Å². The van der Waals surface area contributed by atoms with Gasteiger partial charge in [-0.3, -0.25) is 0 Å². The minimum absolute atomic E-state index is 0.0857. The molecular weight excluding hydrogens is 204 g/mol. The first kappa shape index (κ1) is 11.0. The van der Waals surface area contributed by atoms with Crippen LogP contribution in [-0.2, 0) is 0 Å². The topological polar surface area (TPSA) is 38.9 Å². The molecule has 3 heteroatoms. The first-order chi connectivity index (χ1) is 7.27. The normalized spacial score (nSPS) is 19.3. The second-order valence-electron chi connectivity index (χ2n) is 4.21. The van der Waals surface area contributed by atoms with E-state index in [1.807, 2.05) is 30.9 Å². The van der Waals surface area contributed by atoms with Crippen molar-refractivity contribution in [3.63, 3.8) is 0 Å². The van der Waals surface area contributed by atoms with Gasteiger partial charge in [0.1, 0.15) is 5.03 Å². The van der Waals surface area contributed by atoms with Gasteiger partial charge < -0.3 is 5.73 Å². The zero-order valence-corrected chi connectivity index (χ0v) is 9.96. The molecule has 2 rings (SSSR count). The lowest BCUT2D eigenvalue weighted by molar-refractivity contribution is 0.776. The number of hydrogen-bond acceptors (Lipinski definition) is 3. The molecule has 1 saturated carbocycles. The van der Waals surface area contributed by atoms with Gasteiger partial charge in [-0.05, 0) is 25.8 Å².